The lowest BCUT2D eigenvalue weighted by Crippen LogP contribution is -2.51. The second kappa shape index (κ2) is 10.4. The van der Waals surface area contributed by atoms with Crippen molar-refractivity contribution in [2.24, 2.45) is 5.92 Å². The third kappa shape index (κ3) is 5.35. The summed E-state index contributed by atoms with van der Waals surface area (Å²) in [5.74, 6) is 0.896. The van der Waals surface area contributed by atoms with Crippen LogP contribution >= 0.6 is 0 Å². The van der Waals surface area contributed by atoms with Gasteiger partial charge >= 0.3 is 0 Å². The molecular weight excluding hydrogens is 388 g/mol. The maximum Gasteiger partial charge on any atom is 0.261 e. The summed E-state index contributed by atoms with van der Waals surface area (Å²) in [6, 6.07) is 8.15. The zero-order valence-corrected chi connectivity index (χ0v) is 18.8. The maximum atomic E-state index is 12.7. The van der Waals surface area contributed by atoms with Gasteiger partial charge in [-0.3, -0.25) is 14.2 Å². The van der Waals surface area contributed by atoms with Gasteiger partial charge in [-0.05, 0) is 69.7 Å². The number of nitrogens with zero attached hydrogens (tertiary/aromatic N) is 4. The molecule has 4 rings (SSSR count). The molecule has 2 aliphatic rings. The first-order valence-electron chi connectivity index (χ1n) is 12.1. The molecule has 0 saturated carbocycles. The van der Waals surface area contributed by atoms with Gasteiger partial charge in [0.25, 0.3) is 5.56 Å². The minimum atomic E-state index is 0.0191. The zero-order valence-electron chi connectivity index (χ0n) is 18.8. The lowest BCUT2D eigenvalue weighted by molar-refractivity contribution is -0.131. The number of aromatic nitrogens is 2. The second-order valence-electron chi connectivity index (χ2n) is 9.35. The first-order valence-corrected chi connectivity index (χ1v) is 12.1. The number of aryl methyl sites for hydroxylation is 1. The summed E-state index contributed by atoms with van der Waals surface area (Å²) in [4.78, 5) is 34.2. The van der Waals surface area contributed by atoms with Crippen molar-refractivity contribution in [3.63, 3.8) is 0 Å². The molecule has 0 spiro atoms. The molecule has 6 heteroatoms. The van der Waals surface area contributed by atoms with Crippen LogP contribution in [0.3, 0.4) is 0 Å². The van der Waals surface area contributed by atoms with Gasteiger partial charge in [0.15, 0.2) is 0 Å². The van der Waals surface area contributed by atoms with Crippen LogP contribution in [0.1, 0.15) is 57.8 Å². The lowest BCUT2D eigenvalue weighted by atomic mass is 9.83. The average molecular weight is 425 g/mol. The second-order valence-corrected chi connectivity index (χ2v) is 9.35. The van der Waals surface area contributed by atoms with Gasteiger partial charge in [0.05, 0.1) is 17.2 Å². The molecule has 1 aromatic carbocycles. The van der Waals surface area contributed by atoms with Crippen molar-refractivity contribution >= 4 is 16.8 Å². The minimum absolute atomic E-state index is 0.0191. The van der Waals surface area contributed by atoms with E-state index in [1.807, 2.05) is 36.2 Å². The summed E-state index contributed by atoms with van der Waals surface area (Å²) >= 11 is 0. The van der Waals surface area contributed by atoms with E-state index in [0.29, 0.717) is 30.3 Å². The molecule has 31 heavy (non-hydrogen) atoms. The van der Waals surface area contributed by atoms with Crippen LogP contribution < -0.4 is 5.56 Å². The van der Waals surface area contributed by atoms with Crippen LogP contribution in [0.2, 0.25) is 0 Å². The van der Waals surface area contributed by atoms with Gasteiger partial charge in [-0.25, -0.2) is 4.98 Å². The highest BCUT2D eigenvalue weighted by molar-refractivity contribution is 5.77. The van der Waals surface area contributed by atoms with E-state index in [9.17, 15) is 9.59 Å². The highest BCUT2D eigenvalue weighted by Crippen LogP contribution is 2.31. The first kappa shape index (κ1) is 22.0. The Morgan fingerprint density at radius 1 is 1.10 bits per heavy atom. The Bertz CT molecular complexity index is 939. The van der Waals surface area contributed by atoms with Gasteiger partial charge in [-0.1, -0.05) is 25.0 Å². The quantitative estimate of drug-likeness (QED) is 0.607. The monoisotopic (exact) mass is 424 g/mol. The van der Waals surface area contributed by atoms with Crippen LogP contribution in [0.4, 0.5) is 0 Å². The molecule has 0 bridgehead atoms. The Kier molecular flexibility index (Phi) is 7.38. The number of rotatable bonds is 8. The Morgan fingerprint density at radius 3 is 2.84 bits per heavy atom. The molecule has 0 radical (unpaired) electrons. The maximum absolute atomic E-state index is 12.7. The van der Waals surface area contributed by atoms with Crippen LogP contribution in [0.15, 0.2) is 35.4 Å². The Balaban J connectivity index is 1.19. The van der Waals surface area contributed by atoms with Crippen molar-refractivity contribution in [1.82, 2.24) is 19.4 Å². The standard InChI is InChI=1S/C25H36N4O2/c1-27(18-20-10-9-17-28-15-8-6-13-23(20)28)24(30)14-3-2-7-16-29-19-26-22-12-5-4-11-21(22)25(29)31/h4-5,11-12,19-20,23H,2-3,6-10,13-18H2,1H3/t20-,23+/m0/s1. The number of amides is 1. The molecule has 2 fully saturated rings. The molecule has 2 aromatic rings. The predicted molar refractivity (Wildman–Crippen MR) is 124 cm³/mol. The molecular formula is C25H36N4O2. The van der Waals surface area contributed by atoms with E-state index in [2.05, 4.69) is 9.88 Å². The predicted octanol–water partition coefficient (Wildman–Crippen LogP) is 3.68. The fraction of sp³-hybridized carbons (Fsp3) is 0.640. The summed E-state index contributed by atoms with van der Waals surface area (Å²) in [6.07, 6.45) is 11.4. The summed E-state index contributed by atoms with van der Waals surface area (Å²) in [7, 11) is 1.98. The summed E-state index contributed by atoms with van der Waals surface area (Å²) < 4.78 is 1.69. The number of piperidine rings is 2. The summed E-state index contributed by atoms with van der Waals surface area (Å²) in [5.41, 5.74) is 0.761. The summed E-state index contributed by atoms with van der Waals surface area (Å²) in [6.45, 7) is 4.04. The van der Waals surface area contributed by atoms with E-state index >= 15 is 0 Å². The van der Waals surface area contributed by atoms with E-state index < -0.39 is 0 Å². The topological polar surface area (TPSA) is 58.4 Å². The fourth-order valence-corrected chi connectivity index (χ4v) is 5.44. The van der Waals surface area contributed by atoms with E-state index in [-0.39, 0.29) is 11.5 Å². The smallest absolute Gasteiger partial charge is 0.261 e. The van der Waals surface area contributed by atoms with Crippen molar-refractivity contribution < 1.29 is 4.79 Å². The van der Waals surface area contributed by atoms with Gasteiger partial charge in [-0.2, -0.15) is 0 Å². The number of fused-ring (bicyclic) bond motifs is 2. The number of hydrogen-bond acceptors (Lipinski definition) is 4. The first-order chi connectivity index (χ1) is 15.1. The Hall–Kier alpha value is -2.21. The molecule has 2 aliphatic heterocycles. The SMILES string of the molecule is CN(C[C@@H]1CCCN2CCCC[C@H]12)C(=O)CCCCCn1cnc2ccccc2c1=O. The van der Waals surface area contributed by atoms with Crippen LogP contribution in [-0.4, -0.2) is 58.0 Å². The largest absolute Gasteiger partial charge is 0.345 e. The van der Waals surface area contributed by atoms with Crippen LogP contribution in [-0.2, 0) is 11.3 Å². The van der Waals surface area contributed by atoms with Crippen molar-refractivity contribution in [2.75, 3.05) is 26.7 Å². The van der Waals surface area contributed by atoms with Crippen LogP contribution in [0.5, 0.6) is 0 Å². The summed E-state index contributed by atoms with van der Waals surface area (Å²) in [5, 5.41) is 0.668. The van der Waals surface area contributed by atoms with E-state index in [1.165, 1.54) is 45.2 Å². The molecule has 168 valence electrons. The molecule has 2 saturated heterocycles. The third-order valence-electron chi connectivity index (χ3n) is 7.18. The highest BCUT2D eigenvalue weighted by atomic mass is 16.2. The van der Waals surface area contributed by atoms with Crippen molar-refractivity contribution in [3.05, 3.63) is 40.9 Å². The number of carbonyl (C=O) groups is 1. The average Bonchev–Trinajstić information content (AvgIpc) is 2.80. The normalized spacial score (nSPS) is 21.7. The fourth-order valence-electron chi connectivity index (χ4n) is 5.44. The van der Waals surface area contributed by atoms with E-state index in [4.69, 9.17) is 0 Å². The zero-order chi connectivity index (χ0) is 21.6. The number of benzene rings is 1. The van der Waals surface area contributed by atoms with Crippen LogP contribution in [0, 0.1) is 5.92 Å². The van der Waals surface area contributed by atoms with Crippen LogP contribution in [0.25, 0.3) is 10.9 Å². The molecule has 2 atom stereocenters. The lowest BCUT2D eigenvalue weighted by Gasteiger charge is -2.45. The number of para-hydroxylation sites is 1. The number of hydrogen-bond donors (Lipinski definition) is 0. The molecule has 1 aromatic heterocycles. The third-order valence-corrected chi connectivity index (χ3v) is 7.18. The molecule has 0 aliphatic carbocycles. The van der Waals surface area contributed by atoms with E-state index in [1.54, 1.807) is 10.9 Å². The molecule has 1 amide bonds. The molecule has 0 N–H and O–H groups in total. The van der Waals surface area contributed by atoms with Crippen molar-refractivity contribution in [1.29, 1.82) is 0 Å². The molecule has 6 nitrogen and oxygen atoms in total. The number of carbonyl (C=O) groups excluding carboxylic acids is 1. The van der Waals surface area contributed by atoms with E-state index in [0.717, 1.165) is 31.3 Å². The van der Waals surface area contributed by atoms with Gasteiger partial charge in [0.2, 0.25) is 5.91 Å². The van der Waals surface area contributed by atoms with Gasteiger partial charge in [0, 0.05) is 32.6 Å². The number of unbranched alkanes of at least 4 members (excludes halogenated alkanes) is 2. The highest BCUT2D eigenvalue weighted by Gasteiger charge is 2.33. The Morgan fingerprint density at radius 2 is 1.94 bits per heavy atom. The van der Waals surface area contributed by atoms with Gasteiger partial charge in [-0.15, -0.1) is 0 Å². The minimum Gasteiger partial charge on any atom is -0.345 e. The molecule has 0 unspecified atom stereocenters. The molecule has 3 heterocycles. The Labute approximate surface area is 185 Å². The van der Waals surface area contributed by atoms with Gasteiger partial charge < -0.3 is 9.80 Å². The van der Waals surface area contributed by atoms with Crippen molar-refractivity contribution in [2.45, 2.75) is 70.4 Å². The van der Waals surface area contributed by atoms with Crippen molar-refractivity contribution in [3.8, 4) is 0 Å². The van der Waals surface area contributed by atoms with Gasteiger partial charge in [0.1, 0.15) is 0 Å².